The van der Waals surface area contributed by atoms with Gasteiger partial charge in [-0.2, -0.15) is 0 Å². The first-order valence-corrected chi connectivity index (χ1v) is 6.78. The fourth-order valence-electron chi connectivity index (χ4n) is 2.64. The molecule has 1 aliphatic rings. The Hall–Kier alpha value is -0.670. The van der Waals surface area contributed by atoms with Gasteiger partial charge in [0.25, 0.3) is 0 Å². The van der Waals surface area contributed by atoms with E-state index in [4.69, 9.17) is 11.6 Å². The second kappa shape index (κ2) is 5.98. The highest BCUT2D eigenvalue weighted by Gasteiger charge is 2.19. The number of aliphatic hydroxyl groups is 1. The van der Waals surface area contributed by atoms with Crippen LogP contribution in [0.1, 0.15) is 50.2 Å². The summed E-state index contributed by atoms with van der Waals surface area (Å²) < 4.78 is 26.0. The molecule has 0 heterocycles. The molecule has 0 radical (unpaired) electrons. The summed E-state index contributed by atoms with van der Waals surface area (Å²) in [7, 11) is 0. The molecule has 1 atom stereocenters. The van der Waals surface area contributed by atoms with E-state index >= 15 is 0 Å². The number of hydrogen-bond acceptors (Lipinski definition) is 1. The molecule has 1 N–H and O–H groups in total. The molecule has 1 unspecified atom stereocenters. The largest absolute Gasteiger partial charge is 0.388 e. The first-order valence-electron chi connectivity index (χ1n) is 6.40. The van der Waals surface area contributed by atoms with Gasteiger partial charge in [-0.3, -0.25) is 0 Å². The van der Waals surface area contributed by atoms with Crippen molar-refractivity contribution in [2.24, 2.45) is 5.92 Å². The Morgan fingerprint density at radius 2 is 1.83 bits per heavy atom. The molecule has 0 bridgehead atoms. The van der Waals surface area contributed by atoms with Crippen molar-refractivity contribution in [3.8, 4) is 0 Å². The van der Waals surface area contributed by atoms with Crippen molar-refractivity contribution in [2.45, 2.75) is 44.6 Å². The maximum absolute atomic E-state index is 13.1. The Balaban J connectivity index is 1.99. The van der Waals surface area contributed by atoms with Crippen LogP contribution >= 0.6 is 11.6 Å². The first kappa shape index (κ1) is 13.8. The normalized spacial score (nSPS) is 18.2. The van der Waals surface area contributed by atoms with E-state index in [1.807, 2.05) is 0 Å². The van der Waals surface area contributed by atoms with Gasteiger partial charge in [0.1, 0.15) is 0 Å². The van der Waals surface area contributed by atoms with Crippen LogP contribution in [-0.4, -0.2) is 5.11 Å². The molecule has 100 valence electrons. The van der Waals surface area contributed by atoms with Crippen molar-refractivity contribution in [2.75, 3.05) is 0 Å². The molecule has 1 fully saturated rings. The molecular formula is C14H17ClF2O. The van der Waals surface area contributed by atoms with Gasteiger partial charge in [-0.05, 0) is 30.9 Å². The topological polar surface area (TPSA) is 20.2 Å². The molecule has 0 saturated heterocycles. The molecule has 0 aliphatic heterocycles. The molecule has 1 aromatic rings. The highest BCUT2D eigenvalue weighted by atomic mass is 35.5. The number of hydrogen-bond donors (Lipinski definition) is 1. The van der Waals surface area contributed by atoms with E-state index in [-0.39, 0.29) is 10.6 Å². The van der Waals surface area contributed by atoms with Crippen molar-refractivity contribution in [1.82, 2.24) is 0 Å². The van der Waals surface area contributed by atoms with Crippen LogP contribution in [0, 0.1) is 17.6 Å². The van der Waals surface area contributed by atoms with Gasteiger partial charge >= 0.3 is 0 Å². The number of halogens is 3. The maximum atomic E-state index is 13.1. The quantitative estimate of drug-likeness (QED) is 0.794. The summed E-state index contributed by atoms with van der Waals surface area (Å²) in [5.41, 5.74) is 0.286. The second-order valence-electron chi connectivity index (χ2n) is 5.03. The van der Waals surface area contributed by atoms with E-state index in [1.54, 1.807) is 0 Å². The van der Waals surface area contributed by atoms with Crippen molar-refractivity contribution in [3.05, 3.63) is 34.4 Å². The van der Waals surface area contributed by atoms with Crippen molar-refractivity contribution < 1.29 is 13.9 Å². The smallest absolute Gasteiger partial charge is 0.160 e. The van der Waals surface area contributed by atoms with Crippen molar-refractivity contribution >= 4 is 11.6 Å². The van der Waals surface area contributed by atoms with Gasteiger partial charge in [0.2, 0.25) is 0 Å². The minimum absolute atomic E-state index is 0.0906. The van der Waals surface area contributed by atoms with E-state index in [0.29, 0.717) is 12.3 Å². The Kier molecular flexibility index (Phi) is 4.57. The van der Waals surface area contributed by atoms with E-state index in [2.05, 4.69) is 0 Å². The lowest BCUT2D eigenvalue weighted by Crippen LogP contribution is -2.03. The Labute approximate surface area is 111 Å². The Bertz CT molecular complexity index is 417. The van der Waals surface area contributed by atoms with Crippen LogP contribution in [0.15, 0.2) is 12.1 Å². The van der Waals surface area contributed by atoms with Crippen LogP contribution in [0.2, 0.25) is 5.02 Å². The van der Waals surface area contributed by atoms with E-state index < -0.39 is 17.7 Å². The maximum Gasteiger partial charge on any atom is 0.160 e. The van der Waals surface area contributed by atoms with Gasteiger partial charge in [-0.15, -0.1) is 0 Å². The molecule has 1 saturated carbocycles. The highest BCUT2D eigenvalue weighted by Crippen LogP contribution is 2.33. The summed E-state index contributed by atoms with van der Waals surface area (Å²) in [6.45, 7) is 0. The van der Waals surface area contributed by atoms with Gasteiger partial charge in [0.05, 0.1) is 6.10 Å². The van der Waals surface area contributed by atoms with Crippen LogP contribution in [0.3, 0.4) is 0 Å². The average Bonchev–Trinajstić information content (AvgIpc) is 2.84. The number of benzene rings is 1. The minimum atomic E-state index is -0.980. The summed E-state index contributed by atoms with van der Waals surface area (Å²) in [5, 5.41) is 10.1. The predicted octanol–water partition coefficient (Wildman–Crippen LogP) is 4.62. The molecular weight excluding hydrogens is 258 g/mol. The Morgan fingerprint density at radius 1 is 1.22 bits per heavy atom. The first-order chi connectivity index (χ1) is 8.58. The average molecular weight is 275 g/mol. The fraction of sp³-hybridized carbons (Fsp3) is 0.571. The third-order valence-corrected chi connectivity index (χ3v) is 4.05. The van der Waals surface area contributed by atoms with Crippen molar-refractivity contribution in [3.63, 3.8) is 0 Å². The zero-order chi connectivity index (χ0) is 13.1. The Morgan fingerprint density at radius 3 is 2.50 bits per heavy atom. The van der Waals surface area contributed by atoms with Gasteiger partial charge in [0.15, 0.2) is 11.6 Å². The van der Waals surface area contributed by atoms with Gasteiger partial charge in [-0.25, -0.2) is 8.78 Å². The predicted molar refractivity (Wildman–Crippen MR) is 67.5 cm³/mol. The number of aliphatic hydroxyl groups excluding tert-OH is 1. The third-order valence-electron chi connectivity index (χ3n) is 3.72. The molecule has 0 amide bonds. The molecule has 1 aliphatic carbocycles. The third kappa shape index (κ3) is 3.21. The zero-order valence-corrected chi connectivity index (χ0v) is 10.9. The SMILES string of the molecule is OC(CCC1CCCC1)c1cc(F)c(F)cc1Cl. The fourth-order valence-corrected chi connectivity index (χ4v) is 2.92. The van der Waals surface area contributed by atoms with Crippen LogP contribution in [-0.2, 0) is 0 Å². The van der Waals surface area contributed by atoms with Crippen LogP contribution in [0.5, 0.6) is 0 Å². The minimum Gasteiger partial charge on any atom is -0.388 e. The molecule has 1 nitrogen and oxygen atoms in total. The van der Waals surface area contributed by atoms with E-state index in [0.717, 1.165) is 18.6 Å². The molecule has 0 spiro atoms. The van der Waals surface area contributed by atoms with Crippen LogP contribution in [0.4, 0.5) is 8.78 Å². The van der Waals surface area contributed by atoms with Gasteiger partial charge in [-0.1, -0.05) is 37.3 Å². The van der Waals surface area contributed by atoms with Gasteiger partial charge < -0.3 is 5.11 Å². The lowest BCUT2D eigenvalue weighted by atomic mass is 9.96. The summed E-state index contributed by atoms with van der Waals surface area (Å²) in [6.07, 6.45) is 5.58. The standard InChI is InChI=1S/C14H17ClF2O/c15-11-8-13(17)12(16)7-10(11)14(18)6-5-9-3-1-2-4-9/h7-9,14,18H,1-6H2. The summed E-state index contributed by atoms with van der Waals surface area (Å²) in [4.78, 5) is 0. The second-order valence-corrected chi connectivity index (χ2v) is 5.44. The molecule has 1 aromatic carbocycles. The molecule has 18 heavy (non-hydrogen) atoms. The summed E-state index contributed by atoms with van der Waals surface area (Å²) >= 11 is 5.83. The molecule has 0 aromatic heterocycles. The monoisotopic (exact) mass is 274 g/mol. The lowest BCUT2D eigenvalue weighted by Gasteiger charge is -2.15. The lowest BCUT2D eigenvalue weighted by molar-refractivity contribution is 0.156. The van der Waals surface area contributed by atoms with E-state index in [1.165, 1.54) is 25.7 Å². The summed E-state index contributed by atoms with van der Waals surface area (Å²) in [5.74, 6) is -1.29. The highest BCUT2D eigenvalue weighted by molar-refractivity contribution is 6.31. The van der Waals surface area contributed by atoms with E-state index in [9.17, 15) is 13.9 Å². The van der Waals surface area contributed by atoms with Gasteiger partial charge in [0, 0.05) is 10.6 Å². The van der Waals surface area contributed by atoms with Crippen LogP contribution < -0.4 is 0 Å². The van der Waals surface area contributed by atoms with Crippen LogP contribution in [0.25, 0.3) is 0 Å². The number of rotatable bonds is 4. The molecule has 2 rings (SSSR count). The molecule has 4 heteroatoms. The summed E-state index contributed by atoms with van der Waals surface area (Å²) in [6, 6.07) is 1.92. The van der Waals surface area contributed by atoms with Crippen molar-refractivity contribution in [1.29, 1.82) is 0 Å². The zero-order valence-electron chi connectivity index (χ0n) is 10.1.